The Morgan fingerprint density at radius 2 is 0.269 bits per heavy atom. The van der Waals surface area contributed by atoms with Gasteiger partial charge >= 0.3 is 0 Å². The Labute approximate surface area is 629 Å². The van der Waals surface area contributed by atoms with Gasteiger partial charge in [0.15, 0.2) is 0 Å². The fraction of sp³-hybridized carbons (Fsp3) is 0.682. The summed E-state index contributed by atoms with van der Waals surface area (Å²) in [5.41, 5.74) is 2.80. The van der Waals surface area contributed by atoms with Crippen LogP contribution >= 0.6 is 0 Å². The molecule has 1 aliphatic rings. The number of hydrogen-bond donors (Lipinski definition) is 4. The van der Waals surface area contributed by atoms with Gasteiger partial charge in [0.1, 0.15) is 46.0 Å². The van der Waals surface area contributed by atoms with Crippen molar-refractivity contribution in [2.45, 2.75) is 336 Å². The van der Waals surface area contributed by atoms with E-state index in [1.807, 2.05) is 72.8 Å². The molecule has 4 N–H and O–H groups in total. The van der Waals surface area contributed by atoms with Gasteiger partial charge in [-0.05, 0) is 51.4 Å². The summed E-state index contributed by atoms with van der Waals surface area (Å²) in [4.78, 5) is 47.8. The van der Waals surface area contributed by atoms with E-state index in [0.29, 0.717) is 75.6 Å². The number of rotatable bonds is 4. The fourth-order valence-electron chi connectivity index (χ4n) is 13.5. The van der Waals surface area contributed by atoms with E-state index >= 15 is 0 Å². The van der Waals surface area contributed by atoms with Crippen molar-refractivity contribution in [1.29, 1.82) is 0 Å². The SMILES string of the molecule is CC(=O)Nc1cc2cc(c1)OCCCCCCCCCCCCCCOc1cc(NC(C)=O)cc(c1)OCCCCCCCCCCCCCCOc1cc(NC(C)=O)cc(c1)OCCCCCCCCCCCCCCOc1cc(NC(C)=O)cc(c1)OCCCCCCCCCCCCCCO2. The van der Waals surface area contributed by atoms with E-state index in [0.717, 1.165) is 149 Å². The number of carbonyl (C=O) groups excluding carboxylic acids is 4. The summed E-state index contributed by atoms with van der Waals surface area (Å²) >= 11 is 0. The molecule has 4 aromatic carbocycles. The average molecular weight is 1450 g/mol. The number of hydrogen-bond acceptors (Lipinski definition) is 12. The zero-order chi connectivity index (χ0) is 73.8. The summed E-state index contributed by atoms with van der Waals surface area (Å²) in [6, 6.07) is 22.9. The van der Waals surface area contributed by atoms with Crippen LogP contribution in [0.1, 0.15) is 336 Å². The molecule has 0 saturated carbocycles. The maximum absolute atomic E-state index is 12.0. The van der Waals surface area contributed by atoms with Crippen molar-refractivity contribution in [3.05, 3.63) is 72.8 Å². The number of ether oxygens (including phenoxy) is 8. The van der Waals surface area contributed by atoms with Gasteiger partial charge in [0, 0.05) is 123 Å². The molecule has 5 rings (SSSR count). The molecule has 0 aliphatic carbocycles. The molecule has 0 atom stereocenters. The Morgan fingerprint density at radius 1 is 0.173 bits per heavy atom. The van der Waals surface area contributed by atoms with E-state index < -0.39 is 0 Å². The summed E-state index contributed by atoms with van der Waals surface area (Å²) < 4.78 is 49.5. The lowest BCUT2D eigenvalue weighted by molar-refractivity contribution is -0.115. The summed E-state index contributed by atoms with van der Waals surface area (Å²) in [5.74, 6) is 5.40. The highest BCUT2D eigenvalue weighted by atomic mass is 16.5. The lowest BCUT2D eigenvalue weighted by Gasteiger charge is -2.13. The fourth-order valence-corrected chi connectivity index (χ4v) is 13.5. The lowest BCUT2D eigenvalue weighted by Crippen LogP contribution is -2.07. The molecule has 1 heterocycles. The first-order valence-corrected chi connectivity index (χ1v) is 41.7. The molecule has 0 spiro atoms. The molecule has 16 heteroatoms. The highest BCUT2D eigenvalue weighted by molar-refractivity contribution is 5.91. The zero-order valence-corrected chi connectivity index (χ0v) is 65.4. The summed E-state index contributed by atoms with van der Waals surface area (Å²) in [5, 5.41) is 11.7. The van der Waals surface area contributed by atoms with Gasteiger partial charge in [-0.1, -0.05) is 257 Å². The lowest BCUT2D eigenvalue weighted by atomic mass is 10.1. The number of carbonyl (C=O) groups is 4. The summed E-state index contributed by atoms with van der Waals surface area (Å²) in [6.07, 6.45) is 57.3. The first kappa shape index (κ1) is 87.8. The summed E-state index contributed by atoms with van der Waals surface area (Å²) in [7, 11) is 0. The largest absolute Gasteiger partial charge is 0.493 e. The maximum atomic E-state index is 12.0. The quantitative estimate of drug-likeness (QED) is 0.151. The van der Waals surface area contributed by atoms with Crippen molar-refractivity contribution < 1.29 is 57.1 Å². The van der Waals surface area contributed by atoms with Crippen LogP contribution in [0.5, 0.6) is 46.0 Å². The van der Waals surface area contributed by atoms with Crippen molar-refractivity contribution in [1.82, 2.24) is 0 Å². The number of nitrogens with one attached hydrogen (secondary N) is 4. The van der Waals surface area contributed by atoms with Crippen molar-refractivity contribution in [2.75, 3.05) is 74.1 Å². The molecule has 0 unspecified atom stereocenters. The molecule has 584 valence electrons. The van der Waals surface area contributed by atoms with Crippen LogP contribution in [-0.4, -0.2) is 76.5 Å². The molecule has 104 heavy (non-hydrogen) atoms. The molecule has 4 amide bonds. The van der Waals surface area contributed by atoms with Crippen LogP contribution in [0.25, 0.3) is 0 Å². The number of anilines is 4. The Morgan fingerprint density at radius 3 is 0.365 bits per heavy atom. The minimum atomic E-state index is -0.114. The van der Waals surface area contributed by atoms with Crippen LogP contribution in [-0.2, 0) is 19.2 Å². The molecule has 1 aliphatic heterocycles. The third-order valence-electron chi connectivity index (χ3n) is 19.1. The molecule has 0 saturated heterocycles. The minimum absolute atomic E-state index is 0.114. The molecule has 0 fully saturated rings. The van der Waals surface area contributed by atoms with Crippen LogP contribution in [0.4, 0.5) is 22.7 Å². The number of amides is 4. The van der Waals surface area contributed by atoms with Gasteiger partial charge in [0.25, 0.3) is 0 Å². The van der Waals surface area contributed by atoms with Crippen molar-refractivity contribution >= 4 is 46.4 Å². The molecule has 8 bridgehead atoms. The van der Waals surface area contributed by atoms with Gasteiger partial charge in [-0.2, -0.15) is 0 Å². The van der Waals surface area contributed by atoms with Crippen LogP contribution in [0.15, 0.2) is 72.8 Å². The predicted molar refractivity (Wildman–Crippen MR) is 429 cm³/mol. The van der Waals surface area contributed by atoms with E-state index in [1.165, 1.54) is 233 Å². The van der Waals surface area contributed by atoms with Crippen LogP contribution in [0.2, 0.25) is 0 Å². The standard InChI is InChI=1S/C88H140N4O12/c1-73(93)89-77-61-81-69-82(62-77)98-54-46-38-30-22-14-6-8-16-24-32-40-48-56-100-84-64-79(91-75(3)95)66-86(71-84)102-58-50-42-34-26-18-10-12-20-28-36-44-52-60-104-88-68-80(92-76(4)96)67-87(72-88)103-59-51-43-35-27-19-11-9-17-25-33-41-49-57-101-85-65-78(90-74(2)94)63-83(70-85)99-55-47-39-31-23-15-7-5-13-21-29-37-45-53-97-81/h61-72H,5-60H2,1-4H3,(H,89,93)(H,90,94)(H,91,95)(H,92,96). The van der Waals surface area contributed by atoms with Gasteiger partial charge in [-0.3, -0.25) is 19.2 Å². The molecule has 0 radical (unpaired) electrons. The Bertz CT molecular complexity index is 2360. The molecular formula is C88H140N4O12. The van der Waals surface area contributed by atoms with Gasteiger partial charge < -0.3 is 59.2 Å². The molecular weight excluding hydrogens is 1300 g/mol. The zero-order valence-electron chi connectivity index (χ0n) is 65.4. The minimum Gasteiger partial charge on any atom is -0.493 e. The smallest absolute Gasteiger partial charge is 0.221 e. The average Bonchev–Trinajstić information content (AvgIpc) is 0.891. The highest BCUT2D eigenvalue weighted by Gasteiger charge is 2.12. The molecule has 4 aromatic rings. The second kappa shape index (κ2) is 59.3. The number of benzene rings is 4. The first-order chi connectivity index (χ1) is 50.9. The van der Waals surface area contributed by atoms with Crippen LogP contribution in [0, 0.1) is 0 Å². The highest BCUT2D eigenvalue weighted by Crippen LogP contribution is 2.32. The number of fused-ring (bicyclic) bond motifs is 8. The van der Waals surface area contributed by atoms with E-state index in [9.17, 15) is 19.2 Å². The summed E-state index contributed by atoms with van der Waals surface area (Å²) in [6.45, 7) is 11.2. The topological polar surface area (TPSA) is 190 Å². The monoisotopic (exact) mass is 1450 g/mol. The third kappa shape index (κ3) is 47.6. The molecule has 16 nitrogen and oxygen atoms in total. The van der Waals surface area contributed by atoms with Gasteiger partial charge in [0.2, 0.25) is 23.6 Å². The Balaban J connectivity index is 0.974. The second-order valence-corrected chi connectivity index (χ2v) is 29.3. The van der Waals surface area contributed by atoms with Gasteiger partial charge in [-0.25, -0.2) is 0 Å². The normalized spacial score (nSPS) is 18.3. The van der Waals surface area contributed by atoms with Crippen LogP contribution < -0.4 is 59.2 Å². The van der Waals surface area contributed by atoms with Crippen LogP contribution in [0.3, 0.4) is 0 Å². The van der Waals surface area contributed by atoms with Crippen molar-refractivity contribution in [3.63, 3.8) is 0 Å². The van der Waals surface area contributed by atoms with E-state index in [-0.39, 0.29) is 23.6 Å². The van der Waals surface area contributed by atoms with E-state index in [4.69, 9.17) is 37.9 Å². The second-order valence-electron chi connectivity index (χ2n) is 29.3. The third-order valence-corrected chi connectivity index (χ3v) is 19.1. The molecule has 0 aromatic heterocycles. The van der Waals surface area contributed by atoms with E-state index in [2.05, 4.69) is 21.3 Å². The van der Waals surface area contributed by atoms with Crippen molar-refractivity contribution in [3.8, 4) is 46.0 Å². The maximum Gasteiger partial charge on any atom is 0.221 e. The Kier molecular flexibility index (Phi) is 50.1. The predicted octanol–water partition coefficient (Wildman–Crippen LogP) is 24.4. The van der Waals surface area contributed by atoms with E-state index in [1.54, 1.807) is 0 Å². The Hall–Kier alpha value is -6.84. The first-order valence-electron chi connectivity index (χ1n) is 41.7. The van der Waals surface area contributed by atoms with Gasteiger partial charge in [-0.15, -0.1) is 0 Å². The van der Waals surface area contributed by atoms with Gasteiger partial charge in [0.05, 0.1) is 52.9 Å². The van der Waals surface area contributed by atoms with Crippen molar-refractivity contribution in [2.24, 2.45) is 0 Å².